The van der Waals surface area contributed by atoms with Gasteiger partial charge in [0.15, 0.2) is 0 Å². The molecule has 0 unspecified atom stereocenters. The maximum atomic E-state index is 13.1. The predicted molar refractivity (Wildman–Crippen MR) is 86.9 cm³/mol. The van der Waals surface area contributed by atoms with E-state index >= 15 is 0 Å². The molecule has 0 radical (unpaired) electrons. The number of amides is 1. The molecule has 3 aliphatic heterocycles. The molecule has 5 heteroatoms. The molecule has 5 atom stereocenters. The Labute approximate surface area is 141 Å². The van der Waals surface area contributed by atoms with Crippen LogP contribution >= 0.6 is 0 Å². The predicted octanol–water partition coefficient (Wildman–Crippen LogP) is 2.09. The van der Waals surface area contributed by atoms with Gasteiger partial charge in [0, 0.05) is 0 Å². The lowest BCUT2D eigenvalue weighted by atomic mass is 9.77. The van der Waals surface area contributed by atoms with Crippen LogP contribution in [-0.4, -0.2) is 41.6 Å². The summed E-state index contributed by atoms with van der Waals surface area (Å²) in [7, 11) is 0. The van der Waals surface area contributed by atoms with Gasteiger partial charge >= 0.3 is 5.97 Å². The van der Waals surface area contributed by atoms with Crippen LogP contribution in [0.1, 0.15) is 25.5 Å². The molecule has 126 valence electrons. The van der Waals surface area contributed by atoms with E-state index < -0.39 is 17.4 Å². The molecule has 2 bridgehead atoms. The van der Waals surface area contributed by atoms with Crippen LogP contribution < -0.4 is 0 Å². The van der Waals surface area contributed by atoms with Gasteiger partial charge in [-0.05, 0) is 19.4 Å². The molecular weight excluding hydrogens is 306 g/mol. The fourth-order valence-corrected chi connectivity index (χ4v) is 4.27. The number of ether oxygens (including phenoxy) is 2. The van der Waals surface area contributed by atoms with E-state index in [0.29, 0.717) is 13.2 Å². The summed E-state index contributed by atoms with van der Waals surface area (Å²) < 4.78 is 11.3. The standard InChI is InChI=1S/C19H21NO4/c1-3-23-18(22)15-14-9-10-19(24-14)11-20(17(21)16(15)19)12(2)13-7-5-4-6-8-13/h4-10,12,14-16H,3,11H2,1-2H3/t12-,14+,15-,16+,19+/m1/s1. The number of carbonyl (C=O) groups excluding carboxylic acids is 2. The van der Waals surface area contributed by atoms with Crippen molar-refractivity contribution in [2.75, 3.05) is 13.2 Å². The molecular formula is C19H21NO4. The Balaban J connectivity index is 1.64. The Morgan fingerprint density at radius 1 is 1.42 bits per heavy atom. The number of hydrogen-bond acceptors (Lipinski definition) is 4. The van der Waals surface area contributed by atoms with Crippen LogP contribution in [-0.2, 0) is 19.1 Å². The molecule has 3 heterocycles. The van der Waals surface area contributed by atoms with Crippen LogP contribution in [0, 0.1) is 11.8 Å². The highest BCUT2D eigenvalue weighted by Crippen LogP contribution is 2.53. The van der Waals surface area contributed by atoms with Crippen molar-refractivity contribution in [1.29, 1.82) is 0 Å². The molecule has 0 aromatic heterocycles. The van der Waals surface area contributed by atoms with Crippen LogP contribution in [0.3, 0.4) is 0 Å². The van der Waals surface area contributed by atoms with E-state index in [0.717, 1.165) is 5.56 Å². The molecule has 1 amide bonds. The zero-order valence-electron chi connectivity index (χ0n) is 13.8. The summed E-state index contributed by atoms with van der Waals surface area (Å²) in [6, 6.07) is 9.86. The van der Waals surface area contributed by atoms with E-state index in [4.69, 9.17) is 9.47 Å². The quantitative estimate of drug-likeness (QED) is 0.628. The van der Waals surface area contributed by atoms with Gasteiger partial charge in [-0.1, -0.05) is 42.5 Å². The van der Waals surface area contributed by atoms with Gasteiger partial charge in [-0.15, -0.1) is 0 Å². The largest absolute Gasteiger partial charge is 0.466 e. The minimum absolute atomic E-state index is 0.0174. The van der Waals surface area contributed by atoms with E-state index in [1.54, 1.807) is 6.92 Å². The van der Waals surface area contributed by atoms with Crippen molar-refractivity contribution in [2.24, 2.45) is 11.8 Å². The molecule has 0 aliphatic carbocycles. The Morgan fingerprint density at radius 2 is 2.17 bits per heavy atom. The SMILES string of the molecule is CCOC(=O)[C@@H]1[C@@H]2C=C[C@@]3(CN([C@H](C)c4ccccc4)C(=O)[C@H]13)O2. The number of nitrogens with zero attached hydrogens (tertiary/aromatic N) is 1. The zero-order valence-corrected chi connectivity index (χ0v) is 13.8. The van der Waals surface area contributed by atoms with Crippen LogP contribution in [0.5, 0.6) is 0 Å². The normalized spacial score (nSPS) is 34.5. The van der Waals surface area contributed by atoms with Crippen LogP contribution in [0.4, 0.5) is 0 Å². The number of esters is 1. The molecule has 1 spiro atoms. The third kappa shape index (κ3) is 2.04. The van der Waals surface area contributed by atoms with Gasteiger partial charge in [-0.25, -0.2) is 0 Å². The first-order chi connectivity index (χ1) is 11.6. The van der Waals surface area contributed by atoms with Crippen molar-refractivity contribution in [3.63, 3.8) is 0 Å². The smallest absolute Gasteiger partial charge is 0.312 e. The average molecular weight is 327 g/mol. The highest BCUT2D eigenvalue weighted by molar-refractivity contribution is 5.91. The molecule has 3 aliphatic rings. The summed E-state index contributed by atoms with van der Waals surface area (Å²) in [6.07, 6.45) is 3.53. The van der Waals surface area contributed by atoms with Crippen LogP contribution in [0.25, 0.3) is 0 Å². The first-order valence-electron chi connectivity index (χ1n) is 8.46. The third-order valence-electron chi connectivity index (χ3n) is 5.44. The number of likely N-dealkylation sites (tertiary alicyclic amines) is 1. The molecule has 1 aromatic rings. The van der Waals surface area contributed by atoms with Gasteiger partial charge in [-0.3, -0.25) is 9.59 Å². The van der Waals surface area contributed by atoms with Crippen molar-refractivity contribution < 1.29 is 19.1 Å². The monoisotopic (exact) mass is 327 g/mol. The summed E-state index contributed by atoms with van der Waals surface area (Å²) in [4.78, 5) is 27.3. The lowest BCUT2D eigenvalue weighted by Gasteiger charge is -2.27. The van der Waals surface area contributed by atoms with E-state index in [2.05, 4.69) is 0 Å². The lowest BCUT2D eigenvalue weighted by Crippen LogP contribution is -2.40. The van der Waals surface area contributed by atoms with E-state index in [-0.39, 0.29) is 24.0 Å². The van der Waals surface area contributed by atoms with Gasteiger partial charge in [-0.2, -0.15) is 0 Å². The summed E-state index contributed by atoms with van der Waals surface area (Å²) in [5.41, 5.74) is 0.399. The Morgan fingerprint density at radius 3 is 2.88 bits per heavy atom. The van der Waals surface area contributed by atoms with E-state index in [9.17, 15) is 9.59 Å². The Bertz CT molecular complexity index is 701. The Kier molecular flexibility index (Phi) is 3.49. The second-order valence-corrected chi connectivity index (χ2v) is 6.70. The average Bonchev–Trinajstić information content (AvgIpc) is 3.23. The topological polar surface area (TPSA) is 55.8 Å². The lowest BCUT2D eigenvalue weighted by molar-refractivity contribution is -0.153. The molecule has 4 rings (SSSR count). The number of fused-ring (bicyclic) bond motifs is 1. The molecule has 2 fully saturated rings. The molecule has 0 saturated carbocycles. The number of carbonyl (C=O) groups is 2. The van der Waals surface area contributed by atoms with Crippen LogP contribution in [0.2, 0.25) is 0 Å². The van der Waals surface area contributed by atoms with Crippen molar-refractivity contribution in [1.82, 2.24) is 4.90 Å². The zero-order chi connectivity index (χ0) is 16.9. The maximum absolute atomic E-state index is 13.1. The number of rotatable bonds is 4. The second kappa shape index (κ2) is 5.45. The fourth-order valence-electron chi connectivity index (χ4n) is 4.27. The van der Waals surface area contributed by atoms with E-state index in [1.165, 1.54) is 0 Å². The van der Waals surface area contributed by atoms with E-state index in [1.807, 2.05) is 54.3 Å². The van der Waals surface area contributed by atoms with Gasteiger partial charge in [0.2, 0.25) is 5.91 Å². The highest BCUT2D eigenvalue weighted by Gasteiger charge is 2.67. The van der Waals surface area contributed by atoms with Crippen LogP contribution in [0.15, 0.2) is 42.5 Å². The molecule has 5 nitrogen and oxygen atoms in total. The van der Waals surface area contributed by atoms with Gasteiger partial charge in [0.1, 0.15) is 11.5 Å². The first kappa shape index (κ1) is 15.4. The Hall–Kier alpha value is -2.14. The van der Waals surface area contributed by atoms with Gasteiger partial charge < -0.3 is 14.4 Å². The first-order valence-corrected chi connectivity index (χ1v) is 8.46. The highest BCUT2D eigenvalue weighted by atomic mass is 16.6. The van der Waals surface area contributed by atoms with Crippen molar-refractivity contribution in [3.05, 3.63) is 48.0 Å². The minimum Gasteiger partial charge on any atom is -0.466 e. The third-order valence-corrected chi connectivity index (χ3v) is 5.44. The summed E-state index contributed by atoms with van der Waals surface area (Å²) in [5.74, 6) is -1.36. The fraction of sp³-hybridized carbons (Fsp3) is 0.474. The minimum atomic E-state index is -0.678. The number of benzene rings is 1. The van der Waals surface area contributed by atoms with Crippen molar-refractivity contribution >= 4 is 11.9 Å². The molecule has 1 aromatic carbocycles. The van der Waals surface area contributed by atoms with Gasteiger partial charge in [0.25, 0.3) is 0 Å². The molecule has 2 saturated heterocycles. The van der Waals surface area contributed by atoms with Crippen molar-refractivity contribution in [2.45, 2.75) is 31.6 Å². The number of hydrogen-bond donors (Lipinski definition) is 0. The maximum Gasteiger partial charge on any atom is 0.312 e. The summed E-state index contributed by atoms with van der Waals surface area (Å²) >= 11 is 0. The molecule has 24 heavy (non-hydrogen) atoms. The summed E-state index contributed by atoms with van der Waals surface area (Å²) in [5, 5.41) is 0. The van der Waals surface area contributed by atoms with Gasteiger partial charge in [0.05, 0.1) is 31.2 Å². The van der Waals surface area contributed by atoms with Crippen molar-refractivity contribution in [3.8, 4) is 0 Å². The summed E-state index contributed by atoms with van der Waals surface area (Å²) in [6.45, 7) is 4.58. The second-order valence-electron chi connectivity index (χ2n) is 6.70. The molecule has 0 N–H and O–H groups in total.